The SMILES string of the molecule is CCOC(=O)/C=C/c1ccc2cc(C3(N)CCC3)n(C)c2c1. The molecule has 1 fully saturated rings. The van der Waals surface area contributed by atoms with E-state index in [1.807, 2.05) is 6.07 Å². The van der Waals surface area contributed by atoms with E-state index in [1.54, 1.807) is 13.0 Å². The van der Waals surface area contributed by atoms with E-state index in [9.17, 15) is 4.79 Å². The minimum absolute atomic E-state index is 0.172. The number of benzene rings is 1. The maximum Gasteiger partial charge on any atom is 0.330 e. The average Bonchev–Trinajstić information content (AvgIpc) is 2.80. The molecule has 1 aliphatic carbocycles. The molecule has 1 aromatic heterocycles. The Morgan fingerprint density at radius 1 is 1.41 bits per heavy atom. The topological polar surface area (TPSA) is 57.2 Å². The molecule has 2 aromatic rings. The van der Waals surface area contributed by atoms with Gasteiger partial charge in [-0.1, -0.05) is 12.1 Å². The molecule has 4 nitrogen and oxygen atoms in total. The van der Waals surface area contributed by atoms with Crippen molar-refractivity contribution in [2.45, 2.75) is 31.7 Å². The van der Waals surface area contributed by atoms with E-state index in [-0.39, 0.29) is 11.5 Å². The summed E-state index contributed by atoms with van der Waals surface area (Å²) in [5, 5.41) is 1.18. The van der Waals surface area contributed by atoms with Crippen molar-refractivity contribution in [1.29, 1.82) is 0 Å². The van der Waals surface area contributed by atoms with Crippen molar-refractivity contribution in [2.75, 3.05) is 6.61 Å². The second-order valence-corrected chi connectivity index (χ2v) is 6.00. The number of aryl methyl sites for hydroxylation is 1. The zero-order valence-corrected chi connectivity index (χ0v) is 13.1. The van der Waals surface area contributed by atoms with Crippen LogP contribution in [0.15, 0.2) is 30.3 Å². The molecular formula is C18H22N2O2. The van der Waals surface area contributed by atoms with Gasteiger partial charge in [-0.15, -0.1) is 0 Å². The Labute approximate surface area is 130 Å². The van der Waals surface area contributed by atoms with Crippen LogP contribution in [0.1, 0.15) is 37.4 Å². The fraction of sp³-hybridized carbons (Fsp3) is 0.389. The first kappa shape index (κ1) is 14.9. The minimum Gasteiger partial charge on any atom is -0.463 e. The van der Waals surface area contributed by atoms with E-state index in [0.29, 0.717) is 6.61 Å². The molecule has 1 aliphatic rings. The summed E-state index contributed by atoms with van der Waals surface area (Å²) in [6, 6.07) is 8.35. The van der Waals surface area contributed by atoms with Crippen molar-refractivity contribution in [3.63, 3.8) is 0 Å². The molecule has 0 saturated heterocycles. The van der Waals surface area contributed by atoms with Crippen molar-refractivity contribution >= 4 is 22.9 Å². The van der Waals surface area contributed by atoms with E-state index in [4.69, 9.17) is 10.5 Å². The number of carbonyl (C=O) groups is 1. The third kappa shape index (κ3) is 2.55. The van der Waals surface area contributed by atoms with Crippen molar-refractivity contribution in [3.05, 3.63) is 41.6 Å². The Bertz CT molecular complexity index is 739. The van der Waals surface area contributed by atoms with Crippen LogP contribution < -0.4 is 5.73 Å². The van der Waals surface area contributed by atoms with Gasteiger partial charge in [0.1, 0.15) is 0 Å². The number of hydrogen-bond donors (Lipinski definition) is 1. The van der Waals surface area contributed by atoms with E-state index in [1.165, 1.54) is 23.6 Å². The number of hydrogen-bond acceptors (Lipinski definition) is 3. The summed E-state index contributed by atoms with van der Waals surface area (Å²) in [6.07, 6.45) is 6.54. The number of esters is 1. The van der Waals surface area contributed by atoms with Crippen LogP contribution in [-0.2, 0) is 22.1 Å². The molecule has 3 rings (SSSR count). The summed E-state index contributed by atoms with van der Waals surface area (Å²) in [4.78, 5) is 11.4. The molecule has 22 heavy (non-hydrogen) atoms. The van der Waals surface area contributed by atoms with Gasteiger partial charge in [-0.05, 0) is 55.3 Å². The van der Waals surface area contributed by atoms with Gasteiger partial charge in [0.05, 0.1) is 12.1 Å². The third-order valence-electron chi connectivity index (χ3n) is 4.52. The lowest BCUT2D eigenvalue weighted by atomic mass is 9.75. The number of nitrogens with zero attached hydrogens (tertiary/aromatic N) is 1. The van der Waals surface area contributed by atoms with Gasteiger partial charge in [-0.3, -0.25) is 0 Å². The molecule has 0 amide bonds. The van der Waals surface area contributed by atoms with Gasteiger partial charge in [0, 0.05) is 24.3 Å². The number of aromatic nitrogens is 1. The highest BCUT2D eigenvalue weighted by molar-refractivity contribution is 5.89. The lowest BCUT2D eigenvalue weighted by molar-refractivity contribution is -0.137. The second-order valence-electron chi connectivity index (χ2n) is 6.00. The predicted octanol–water partition coefficient (Wildman–Crippen LogP) is 3.09. The number of ether oxygens (including phenoxy) is 1. The molecule has 0 radical (unpaired) electrons. The quantitative estimate of drug-likeness (QED) is 0.697. The second kappa shape index (κ2) is 5.61. The largest absolute Gasteiger partial charge is 0.463 e. The molecule has 1 aromatic carbocycles. The molecule has 1 saturated carbocycles. The van der Waals surface area contributed by atoms with Crippen molar-refractivity contribution in [3.8, 4) is 0 Å². The lowest BCUT2D eigenvalue weighted by Gasteiger charge is -2.38. The first-order chi connectivity index (χ1) is 10.5. The van der Waals surface area contributed by atoms with Crippen molar-refractivity contribution in [1.82, 2.24) is 4.57 Å². The van der Waals surface area contributed by atoms with E-state index in [2.05, 4.69) is 29.8 Å². The molecule has 2 N–H and O–H groups in total. The van der Waals surface area contributed by atoms with Gasteiger partial charge in [0.15, 0.2) is 0 Å². The Kier molecular flexibility index (Phi) is 3.79. The van der Waals surface area contributed by atoms with Crippen molar-refractivity contribution in [2.24, 2.45) is 12.8 Å². The number of nitrogens with two attached hydrogens (primary N) is 1. The van der Waals surface area contributed by atoms with Gasteiger partial charge in [0.2, 0.25) is 0 Å². The molecule has 0 spiro atoms. The minimum atomic E-state index is -0.314. The van der Waals surface area contributed by atoms with Crippen molar-refractivity contribution < 1.29 is 9.53 Å². The Morgan fingerprint density at radius 3 is 2.82 bits per heavy atom. The van der Waals surface area contributed by atoms with Crippen LogP contribution in [0.2, 0.25) is 0 Å². The first-order valence-electron chi connectivity index (χ1n) is 7.77. The van der Waals surface area contributed by atoms with E-state index in [0.717, 1.165) is 23.9 Å². The van der Waals surface area contributed by atoms with Gasteiger partial charge < -0.3 is 15.0 Å². The van der Waals surface area contributed by atoms with Crippen LogP contribution in [-0.4, -0.2) is 17.1 Å². The smallest absolute Gasteiger partial charge is 0.330 e. The molecule has 0 bridgehead atoms. The molecule has 116 valence electrons. The zero-order valence-electron chi connectivity index (χ0n) is 13.1. The highest BCUT2D eigenvalue weighted by Gasteiger charge is 2.36. The summed E-state index contributed by atoms with van der Waals surface area (Å²) >= 11 is 0. The Hall–Kier alpha value is -2.07. The van der Waals surface area contributed by atoms with Gasteiger partial charge in [-0.2, -0.15) is 0 Å². The molecular weight excluding hydrogens is 276 g/mol. The van der Waals surface area contributed by atoms with Gasteiger partial charge in [-0.25, -0.2) is 4.79 Å². The average molecular weight is 298 g/mol. The van der Waals surface area contributed by atoms with Crippen LogP contribution in [0.25, 0.3) is 17.0 Å². The highest BCUT2D eigenvalue weighted by Crippen LogP contribution is 2.40. The van der Waals surface area contributed by atoms with Crippen LogP contribution in [0.4, 0.5) is 0 Å². The maximum absolute atomic E-state index is 11.4. The first-order valence-corrected chi connectivity index (χ1v) is 7.77. The number of rotatable bonds is 4. The monoisotopic (exact) mass is 298 g/mol. The lowest BCUT2D eigenvalue weighted by Crippen LogP contribution is -2.44. The molecule has 4 heteroatoms. The predicted molar refractivity (Wildman–Crippen MR) is 88.3 cm³/mol. The van der Waals surface area contributed by atoms with Crippen LogP contribution >= 0.6 is 0 Å². The Balaban J connectivity index is 1.93. The van der Waals surface area contributed by atoms with Crippen LogP contribution in [0.5, 0.6) is 0 Å². The number of fused-ring (bicyclic) bond motifs is 1. The standard InChI is InChI=1S/C18H22N2O2/c1-3-22-17(21)8-6-13-5-7-14-12-16(18(19)9-4-10-18)20(2)15(14)11-13/h5-8,11-12H,3-4,9-10,19H2,1-2H3/b8-6+. The summed E-state index contributed by atoms with van der Waals surface area (Å²) in [7, 11) is 2.06. The summed E-state index contributed by atoms with van der Waals surface area (Å²) in [6.45, 7) is 2.19. The number of carbonyl (C=O) groups excluding carboxylic acids is 1. The fourth-order valence-electron chi connectivity index (χ4n) is 3.10. The van der Waals surface area contributed by atoms with E-state index < -0.39 is 0 Å². The van der Waals surface area contributed by atoms with Gasteiger partial charge in [0.25, 0.3) is 0 Å². The normalized spacial score (nSPS) is 16.9. The van der Waals surface area contributed by atoms with Gasteiger partial charge >= 0.3 is 5.97 Å². The van der Waals surface area contributed by atoms with Crippen LogP contribution in [0.3, 0.4) is 0 Å². The maximum atomic E-state index is 11.4. The van der Waals surface area contributed by atoms with E-state index >= 15 is 0 Å². The summed E-state index contributed by atoms with van der Waals surface area (Å²) in [5.41, 5.74) is 9.60. The van der Waals surface area contributed by atoms with Crippen LogP contribution in [0, 0.1) is 0 Å². The summed E-state index contributed by atoms with van der Waals surface area (Å²) in [5.74, 6) is -0.314. The summed E-state index contributed by atoms with van der Waals surface area (Å²) < 4.78 is 7.08. The fourth-order valence-corrected chi connectivity index (χ4v) is 3.10. The molecule has 0 unspecified atom stereocenters. The molecule has 0 atom stereocenters. The highest BCUT2D eigenvalue weighted by atomic mass is 16.5. The molecule has 1 heterocycles. The molecule has 0 aliphatic heterocycles. The third-order valence-corrected chi connectivity index (χ3v) is 4.52. The Morgan fingerprint density at radius 2 is 2.18 bits per heavy atom. The zero-order chi connectivity index (χ0) is 15.7.